The van der Waals surface area contributed by atoms with Gasteiger partial charge in [0.05, 0.1) is 24.8 Å². The predicted molar refractivity (Wildman–Crippen MR) is 108 cm³/mol. The lowest BCUT2D eigenvalue weighted by atomic mass is 10.1. The van der Waals surface area contributed by atoms with E-state index < -0.39 is 0 Å². The van der Waals surface area contributed by atoms with E-state index in [4.69, 9.17) is 31.2 Å². The van der Waals surface area contributed by atoms with Gasteiger partial charge in [0.15, 0.2) is 15.8 Å². The Morgan fingerprint density at radius 1 is 1.11 bits per heavy atom. The summed E-state index contributed by atoms with van der Waals surface area (Å²) in [7, 11) is 3.16. The minimum Gasteiger partial charge on any atom is -0.497 e. The summed E-state index contributed by atoms with van der Waals surface area (Å²) in [5.41, 5.74) is 1.41. The fourth-order valence-corrected chi connectivity index (χ4v) is 4.08. The second-order valence-corrected chi connectivity index (χ2v) is 7.34. The molecule has 0 saturated carbocycles. The van der Waals surface area contributed by atoms with Crippen LogP contribution in [0.2, 0.25) is 0 Å². The van der Waals surface area contributed by atoms with E-state index in [0.29, 0.717) is 37.9 Å². The zero-order chi connectivity index (χ0) is 19.0. The van der Waals surface area contributed by atoms with Gasteiger partial charge in [-0.1, -0.05) is 24.0 Å². The molecule has 8 heteroatoms. The van der Waals surface area contributed by atoms with Gasteiger partial charge >= 0.3 is 0 Å². The van der Waals surface area contributed by atoms with E-state index in [1.54, 1.807) is 44.6 Å². The van der Waals surface area contributed by atoms with Crippen LogP contribution in [-0.4, -0.2) is 31.2 Å². The Morgan fingerprint density at radius 2 is 1.93 bits per heavy atom. The fraction of sp³-hybridized carbons (Fsp3) is 0.158. The smallest absolute Gasteiger partial charge is 0.270 e. The second-order valence-electron chi connectivity index (χ2n) is 5.66. The summed E-state index contributed by atoms with van der Waals surface area (Å²) in [6, 6.07) is 10.7. The maximum atomic E-state index is 13.0. The van der Waals surface area contributed by atoms with Gasteiger partial charge in [-0.05, 0) is 30.3 Å². The first-order valence-electron chi connectivity index (χ1n) is 8.00. The van der Waals surface area contributed by atoms with Gasteiger partial charge in [-0.25, -0.2) is 0 Å². The van der Waals surface area contributed by atoms with Gasteiger partial charge in [0.1, 0.15) is 11.5 Å². The van der Waals surface area contributed by atoms with E-state index in [-0.39, 0.29) is 12.7 Å². The highest BCUT2D eigenvalue weighted by Crippen LogP contribution is 2.41. The van der Waals surface area contributed by atoms with E-state index in [1.807, 2.05) is 12.1 Å². The van der Waals surface area contributed by atoms with E-state index in [9.17, 15) is 4.79 Å². The fourth-order valence-electron chi connectivity index (χ4n) is 2.79. The number of nitrogens with zero attached hydrogens (tertiary/aromatic N) is 1. The predicted octanol–water partition coefficient (Wildman–Crippen LogP) is 3.84. The van der Waals surface area contributed by atoms with Crippen molar-refractivity contribution in [2.24, 2.45) is 0 Å². The van der Waals surface area contributed by atoms with E-state index in [2.05, 4.69) is 0 Å². The second kappa shape index (κ2) is 7.13. The third-order valence-electron chi connectivity index (χ3n) is 4.14. The number of rotatable bonds is 4. The SMILES string of the molecule is COc1ccc(/C=C2\SC(=S)N(c3ccc4c(c3)OCO4)C2=O)c(OC)c1. The van der Waals surface area contributed by atoms with E-state index >= 15 is 0 Å². The molecule has 1 saturated heterocycles. The lowest BCUT2D eigenvalue weighted by Crippen LogP contribution is -2.27. The minimum atomic E-state index is -0.193. The summed E-state index contributed by atoms with van der Waals surface area (Å²) < 4.78 is 21.8. The number of benzene rings is 2. The zero-order valence-electron chi connectivity index (χ0n) is 14.6. The Morgan fingerprint density at radius 3 is 2.70 bits per heavy atom. The Bertz CT molecular complexity index is 973. The van der Waals surface area contributed by atoms with Crippen molar-refractivity contribution in [1.82, 2.24) is 0 Å². The van der Waals surface area contributed by atoms with Crippen LogP contribution in [0, 0.1) is 0 Å². The first-order valence-corrected chi connectivity index (χ1v) is 9.23. The van der Waals surface area contributed by atoms with Crippen molar-refractivity contribution in [3.63, 3.8) is 0 Å². The van der Waals surface area contributed by atoms with Gasteiger partial charge in [-0.15, -0.1) is 0 Å². The molecular weight excluding hydrogens is 386 g/mol. The Labute approximate surface area is 165 Å². The molecule has 0 spiro atoms. The number of hydrogen-bond donors (Lipinski definition) is 0. The number of carbonyl (C=O) groups excluding carboxylic acids is 1. The van der Waals surface area contributed by atoms with Gasteiger partial charge in [0, 0.05) is 17.7 Å². The van der Waals surface area contributed by atoms with Crippen LogP contribution in [0.15, 0.2) is 41.3 Å². The normalized spacial score (nSPS) is 17.0. The number of carbonyl (C=O) groups is 1. The molecule has 4 rings (SSSR count). The number of ether oxygens (including phenoxy) is 4. The third-order valence-corrected chi connectivity index (χ3v) is 5.44. The van der Waals surface area contributed by atoms with Crippen molar-refractivity contribution in [3.05, 3.63) is 46.9 Å². The molecule has 2 aromatic rings. The summed E-state index contributed by atoms with van der Waals surface area (Å²) in [5, 5.41) is 0. The highest BCUT2D eigenvalue weighted by Gasteiger charge is 2.34. The van der Waals surface area contributed by atoms with E-state index in [0.717, 1.165) is 5.56 Å². The topological polar surface area (TPSA) is 57.2 Å². The molecule has 138 valence electrons. The number of methoxy groups -OCH3 is 2. The van der Waals surface area contributed by atoms with Crippen LogP contribution in [0.1, 0.15) is 5.56 Å². The quantitative estimate of drug-likeness (QED) is 0.570. The molecule has 27 heavy (non-hydrogen) atoms. The lowest BCUT2D eigenvalue weighted by molar-refractivity contribution is -0.113. The molecule has 1 amide bonds. The molecule has 1 fully saturated rings. The van der Waals surface area contributed by atoms with Crippen LogP contribution in [-0.2, 0) is 4.79 Å². The minimum absolute atomic E-state index is 0.175. The van der Waals surface area contributed by atoms with Crippen LogP contribution < -0.4 is 23.8 Å². The summed E-state index contributed by atoms with van der Waals surface area (Å²) >= 11 is 6.67. The van der Waals surface area contributed by atoms with Crippen molar-refractivity contribution in [2.75, 3.05) is 25.9 Å². The van der Waals surface area contributed by atoms with Crippen LogP contribution in [0.3, 0.4) is 0 Å². The molecule has 0 atom stereocenters. The summed E-state index contributed by atoms with van der Waals surface area (Å²) in [6.45, 7) is 0.175. The maximum Gasteiger partial charge on any atom is 0.270 e. The van der Waals surface area contributed by atoms with Gasteiger partial charge < -0.3 is 18.9 Å². The van der Waals surface area contributed by atoms with Crippen molar-refractivity contribution < 1.29 is 23.7 Å². The third kappa shape index (κ3) is 3.22. The molecule has 6 nitrogen and oxygen atoms in total. The number of thiocarbonyl (C=S) groups is 1. The zero-order valence-corrected chi connectivity index (χ0v) is 16.2. The van der Waals surface area contributed by atoms with Crippen molar-refractivity contribution in [3.8, 4) is 23.0 Å². The average molecular weight is 401 g/mol. The standard InChI is InChI=1S/C19H15NO5S2/c1-22-13-5-3-11(15(9-13)23-2)7-17-18(21)20(19(26)27-17)12-4-6-14-16(8-12)25-10-24-14/h3-9H,10H2,1-2H3/b17-7-. The molecule has 2 aromatic carbocycles. The largest absolute Gasteiger partial charge is 0.497 e. The lowest BCUT2D eigenvalue weighted by Gasteiger charge is -2.14. The van der Waals surface area contributed by atoms with Gasteiger partial charge in [0.2, 0.25) is 6.79 Å². The first-order chi connectivity index (χ1) is 13.1. The summed E-state index contributed by atoms with van der Waals surface area (Å²) in [4.78, 5) is 15.0. The van der Waals surface area contributed by atoms with Gasteiger partial charge in [-0.2, -0.15) is 0 Å². The summed E-state index contributed by atoms with van der Waals surface area (Å²) in [6.07, 6.45) is 1.77. The molecule has 0 unspecified atom stereocenters. The molecule has 0 aromatic heterocycles. The average Bonchev–Trinajstić information content (AvgIpc) is 3.25. The number of hydrogen-bond acceptors (Lipinski definition) is 7. The van der Waals surface area contributed by atoms with Crippen LogP contribution in [0.25, 0.3) is 6.08 Å². The Kier molecular flexibility index (Phi) is 4.67. The molecule has 0 N–H and O–H groups in total. The molecule has 2 heterocycles. The number of anilines is 1. The number of amides is 1. The van der Waals surface area contributed by atoms with Crippen molar-refractivity contribution in [2.45, 2.75) is 0 Å². The Balaban J connectivity index is 1.66. The van der Waals surface area contributed by atoms with Crippen molar-refractivity contribution >= 4 is 46.0 Å². The maximum absolute atomic E-state index is 13.0. The first kappa shape index (κ1) is 17.7. The van der Waals surface area contributed by atoms with Crippen LogP contribution in [0.4, 0.5) is 5.69 Å². The van der Waals surface area contributed by atoms with Crippen LogP contribution >= 0.6 is 24.0 Å². The Hall–Kier alpha value is -2.71. The molecule has 0 bridgehead atoms. The molecular formula is C19H15NO5S2. The number of thioether (sulfide) groups is 1. The molecule has 0 aliphatic carbocycles. The van der Waals surface area contributed by atoms with Crippen LogP contribution in [0.5, 0.6) is 23.0 Å². The molecule has 0 radical (unpaired) electrons. The highest BCUT2D eigenvalue weighted by molar-refractivity contribution is 8.27. The highest BCUT2D eigenvalue weighted by atomic mass is 32.2. The molecule has 2 aliphatic heterocycles. The van der Waals surface area contributed by atoms with Gasteiger partial charge in [-0.3, -0.25) is 9.69 Å². The van der Waals surface area contributed by atoms with E-state index in [1.165, 1.54) is 16.7 Å². The monoisotopic (exact) mass is 401 g/mol. The summed E-state index contributed by atoms with van der Waals surface area (Å²) in [5.74, 6) is 2.35. The van der Waals surface area contributed by atoms with Gasteiger partial charge in [0.25, 0.3) is 5.91 Å². The number of fused-ring (bicyclic) bond motifs is 1. The molecule has 2 aliphatic rings. The van der Waals surface area contributed by atoms with Crippen molar-refractivity contribution in [1.29, 1.82) is 0 Å².